The fourth-order valence-electron chi connectivity index (χ4n) is 5.38. The van der Waals surface area contributed by atoms with Crippen LogP contribution in [0.3, 0.4) is 0 Å². The van der Waals surface area contributed by atoms with Crippen LogP contribution >= 0.6 is 0 Å². The number of anilines is 1. The molecular weight excluding hydrogens is 494 g/mol. The van der Waals surface area contributed by atoms with Gasteiger partial charge in [-0.3, -0.25) is 14.6 Å². The molecule has 0 atom stereocenters. The van der Waals surface area contributed by atoms with Gasteiger partial charge in [-0.1, -0.05) is 18.2 Å². The molecule has 0 amide bonds. The Kier molecular flexibility index (Phi) is 6.66. The first kappa shape index (κ1) is 25.3. The maximum Gasteiger partial charge on any atom is 0.232 e. The number of aromatic hydroxyl groups is 1. The molecule has 0 aliphatic carbocycles. The van der Waals surface area contributed by atoms with E-state index in [2.05, 4.69) is 21.9 Å². The number of allylic oxidation sites excluding steroid dienone is 1. The van der Waals surface area contributed by atoms with Crippen molar-refractivity contribution in [2.24, 2.45) is 0 Å². The number of ketones is 1. The molecule has 6 rings (SSSR count). The number of phenolic OH excluding ortho intramolecular Hbond substituents is 1. The zero-order chi connectivity index (χ0) is 27.1. The van der Waals surface area contributed by atoms with Crippen molar-refractivity contribution in [1.82, 2.24) is 9.80 Å². The number of fused-ring (bicyclic) bond motifs is 2. The minimum absolute atomic E-state index is 0.144. The highest BCUT2D eigenvalue weighted by Crippen LogP contribution is 2.42. The van der Waals surface area contributed by atoms with E-state index >= 15 is 0 Å². The van der Waals surface area contributed by atoms with Crippen molar-refractivity contribution in [3.05, 3.63) is 82.1 Å². The largest absolute Gasteiger partial charge is 0.507 e. The Balaban J connectivity index is 1.14. The highest BCUT2D eigenvalue weighted by atomic mass is 16.7. The number of phenols is 1. The average molecular weight is 528 g/mol. The van der Waals surface area contributed by atoms with Gasteiger partial charge < -0.3 is 24.2 Å². The molecule has 3 aromatic rings. The third-order valence-corrected chi connectivity index (χ3v) is 7.62. The van der Waals surface area contributed by atoms with Gasteiger partial charge in [-0.25, -0.2) is 0 Å². The Morgan fingerprint density at radius 2 is 1.62 bits per heavy atom. The maximum absolute atomic E-state index is 13.3. The minimum Gasteiger partial charge on any atom is -0.507 e. The zero-order valence-electron chi connectivity index (χ0n) is 22.6. The summed E-state index contributed by atoms with van der Waals surface area (Å²) in [7, 11) is 3.98. The number of piperazine rings is 1. The van der Waals surface area contributed by atoms with E-state index in [-0.39, 0.29) is 24.1 Å². The molecule has 8 nitrogen and oxygen atoms in total. The van der Waals surface area contributed by atoms with Crippen molar-refractivity contribution in [2.75, 3.05) is 52.0 Å². The number of hydrogen-bond acceptors (Lipinski definition) is 8. The van der Waals surface area contributed by atoms with Crippen LogP contribution in [0.1, 0.15) is 32.6 Å². The number of ether oxygens (including phenoxy) is 3. The molecule has 0 spiro atoms. The first-order chi connectivity index (χ1) is 18.9. The number of Topliss-reactive ketones (excluding diaryl/α,β-unsaturated/α-hetero) is 1. The van der Waals surface area contributed by atoms with Gasteiger partial charge in [0.15, 0.2) is 17.3 Å². The van der Waals surface area contributed by atoms with Crippen LogP contribution in [0, 0.1) is 6.92 Å². The first-order valence-corrected chi connectivity index (χ1v) is 13.3. The van der Waals surface area contributed by atoms with Gasteiger partial charge in [0.25, 0.3) is 0 Å². The number of rotatable bonds is 6. The third-order valence-electron chi connectivity index (χ3n) is 7.62. The smallest absolute Gasteiger partial charge is 0.232 e. The summed E-state index contributed by atoms with van der Waals surface area (Å²) in [6.45, 7) is 6.98. The highest BCUT2D eigenvalue weighted by Gasteiger charge is 2.34. The number of benzene rings is 3. The van der Waals surface area contributed by atoms with Crippen molar-refractivity contribution in [2.45, 2.75) is 20.0 Å². The molecule has 0 radical (unpaired) electrons. The first-order valence-electron chi connectivity index (χ1n) is 13.3. The van der Waals surface area contributed by atoms with E-state index in [1.165, 1.54) is 5.56 Å². The molecule has 1 saturated heterocycles. The van der Waals surface area contributed by atoms with Crippen molar-refractivity contribution in [3.63, 3.8) is 0 Å². The Morgan fingerprint density at radius 1 is 0.923 bits per heavy atom. The quantitative estimate of drug-likeness (QED) is 0.472. The van der Waals surface area contributed by atoms with Crippen LogP contribution in [-0.4, -0.2) is 67.8 Å². The third kappa shape index (κ3) is 5.05. The zero-order valence-corrected chi connectivity index (χ0v) is 22.6. The molecule has 3 aromatic carbocycles. The van der Waals surface area contributed by atoms with Gasteiger partial charge >= 0.3 is 0 Å². The summed E-state index contributed by atoms with van der Waals surface area (Å²) in [6, 6.07) is 15.7. The van der Waals surface area contributed by atoms with Crippen molar-refractivity contribution in [3.8, 4) is 23.0 Å². The Bertz CT molecular complexity index is 1440. The molecule has 3 aliphatic rings. The van der Waals surface area contributed by atoms with Crippen molar-refractivity contribution >= 4 is 17.5 Å². The van der Waals surface area contributed by atoms with Gasteiger partial charge in [-0.15, -0.1) is 0 Å². The topological polar surface area (TPSA) is 74.7 Å². The summed E-state index contributed by atoms with van der Waals surface area (Å²) in [5, 5.41) is 10.9. The van der Waals surface area contributed by atoms with Gasteiger partial charge in [0.1, 0.15) is 11.5 Å². The Morgan fingerprint density at radius 3 is 2.33 bits per heavy atom. The number of aryl methyl sites for hydroxylation is 1. The Hall–Kier alpha value is -4.01. The van der Waals surface area contributed by atoms with Crippen LogP contribution in [0.5, 0.6) is 23.0 Å². The molecule has 1 fully saturated rings. The summed E-state index contributed by atoms with van der Waals surface area (Å²) in [4.78, 5) is 20.1. The monoisotopic (exact) mass is 527 g/mol. The van der Waals surface area contributed by atoms with E-state index in [1.54, 1.807) is 12.1 Å². The second-order valence-electron chi connectivity index (χ2n) is 10.6. The van der Waals surface area contributed by atoms with Crippen molar-refractivity contribution < 1.29 is 24.1 Å². The van der Waals surface area contributed by atoms with E-state index in [4.69, 9.17) is 14.2 Å². The van der Waals surface area contributed by atoms with Gasteiger partial charge in [0, 0.05) is 59.1 Å². The molecule has 0 aromatic heterocycles. The van der Waals surface area contributed by atoms with Gasteiger partial charge in [-0.05, 0) is 60.0 Å². The normalized spacial score (nSPS) is 17.9. The van der Waals surface area contributed by atoms with E-state index < -0.39 is 0 Å². The van der Waals surface area contributed by atoms with E-state index in [0.29, 0.717) is 23.4 Å². The lowest BCUT2D eigenvalue weighted by Crippen LogP contribution is -2.45. The molecule has 39 heavy (non-hydrogen) atoms. The molecule has 0 bridgehead atoms. The molecule has 202 valence electrons. The number of hydrogen-bond donors (Lipinski definition) is 1. The van der Waals surface area contributed by atoms with Crippen LogP contribution < -0.4 is 19.1 Å². The fraction of sp³-hybridized carbons (Fsp3) is 0.323. The number of carbonyl (C=O) groups excluding carboxylic acids is 1. The van der Waals surface area contributed by atoms with E-state index in [0.717, 1.165) is 61.0 Å². The average Bonchev–Trinajstić information content (AvgIpc) is 3.52. The lowest BCUT2D eigenvalue weighted by Gasteiger charge is -2.35. The number of carbonyl (C=O) groups is 1. The second kappa shape index (κ2) is 10.3. The molecule has 0 saturated carbocycles. The second-order valence-corrected chi connectivity index (χ2v) is 10.6. The summed E-state index contributed by atoms with van der Waals surface area (Å²) >= 11 is 0. The van der Waals surface area contributed by atoms with Gasteiger partial charge in [0.05, 0.1) is 11.1 Å². The SMILES string of the molecule is Cc1cc(O)c(CN2CCN(Cc3ccc4c(c3)OCO4)CC2)c2c1C(=O)/C(=C/c1ccc(N(C)C)cc1)O2. The van der Waals surface area contributed by atoms with Crippen molar-refractivity contribution in [1.29, 1.82) is 0 Å². The molecule has 0 unspecified atom stereocenters. The van der Waals surface area contributed by atoms with Crippen LogP contribution in [0.2, 0.25) is 0 Å². The Labute approximate surface area is 228 Å². The van der Waals surface area contributed by atoms with Gasteiger partial charge in [0.2, 0.25) is 12.6 Å². The predicted octanol–water partition coefficient (Wildman–Crippen LogP) is 4.43. The maximum atomic E-state index is 13.3. The van der Waals surface area contributed by atoms with Crippen LogP contribution in [0.15, 0.2) is 54.3 Å². The molecule has 3 heterocycles. The van der Waals surface area contributed by atoms with E-state index in [9.17, 15) is 9.90 Å². The predicted molar refractivity (Wildman–Crippen MR) is 150 cm³/mol. The van der Waals surface area contributed by atoms with Gasteiger partial charge in [-0.2, -0.15) is 0 Å². The number of nitrogens with zero attached hydrogens (tertiary/aromatic N) is 3. The summed E-state index contributed by atoms with van der Waals surface area (Å²) in [5.74, 6) is 2.40. The molecular formula is C31H33N3O5. The van der Waals surface area contributed by atoms with Crippen LogP contribution in [-0.2, 0) is 13.1 Å². The summed E-state index contributed by atoms with van der Waals surface area (Å²) in [5.41, 5.74) is 5.09. The lowest BCUT2D eigenvalue weighted by atomic mass is 9.99. The molecule has 8 heteroatoms. The van der Waals surface area contributed by atoms with Crippen LogP contribution in [0.25, 0.3) is 6.08 Å². The van der Waals surface area contributed by atoms with E-state index in [1.807, 2.05) is 56.3 Å². The molecule has 3 aliphatic heterocycles. The lowest BCUT2D eigenvalue weighted by molar-refractivity contribution is 0.101. The summed E-state index contributed by atoms with van der Waals surface area (Å²) in [6.07, 6.45) is 1.77. The summed E-state index contributed by atoms with van der Waals surface area (Å²) < 4.78 is 17.1. The fourth-order valence-corrected chi connectivity index (χ4v) is 5.38. The molecule has 1 N–H and O–H groups in total. The standard InChI is InChI=1S/C31H33N3O5/c1-20-14-25(35)24(31-29(20)30(36)28(39-31)15-21-4-7-23(8-5-21)32(2)3)18-34-12-10-33(11-13-34)17-22-6-9-26-27(16-22)38-19-37-26/h4-9,14-16,35H,10-13,17-19H2,1-3H3/b28-15-. The highest BCUT2D eigenvalue weighted by molar-refractivity contribution is 6.15. The minimum atomic E-state index is -0.144. The van der Waals surface area contributed by atoms with Crippen LogP contribution in [0.4, 0.5) is 5.69 Å².